The maximum atomic E-state index is 12.2. The summed E-state index contributed by atoms with van der Waals surface area (Å²) in [5.41, 5.74) is 6.76. The van der Waals surface area contributed by atoms with Crippen molar-refractivity contribution in [1.29, 1.82) is 0 Å². The molecule has 0 atom stereocenters. The lowest BCUT2D eigenvalue weighted by molar-refractivity contribution is -0.274. The number of nitrogens with zero attached hydrogens (tertiary/aromatic N) is 2. The fraction of sp³-hybridized carbons (Fsp3) is 0.308. The van der Waals surface area contributed by atoms with Crippen LogP contribution in [0.3, 0.4) is 0 Å². The van der Waals surface area contributed by atoms with Gasteiger partial charge in [0.05, 0.1) is 6.20 Å². The number of aromatic nitrogens is 2. The van der Waals surface area contributed by atoms with Crippen LogP contribution in [0.2, 0.25) is 0 Å². The second-order valence-corrected chi connectivity index (χ2v) is 4.21. The van der Waals surface area contributed by atoms with Crippen molar-refractivity contribution in [1.82, 2.24) is 9.78 Å². The van der Waals surface area contributed by atoms with Gasteiger partial charge in [-0.3, -0.25) is 4.68 Å². The minimum absolute atomic E-state index is 0.246. The molecule has 0 fully saturated rings. The van der Waals surface area contributed by atoms with E-state index >= 15 is 0 Å². The van der Waals surface area contributed by atoms with Gasteiger partial charge in [0.25, 0.3) is 0 Å². The predicted molar refractivity (Wildman–Crippen MR) is 68.0 cm³/mol. The second-order valence-electron chi connectivity index (χ2n) is 4.21. The average Bonchev–Trinajstić information content (AvgIpc) is 2.83. The Hall–Kier alpha value is -2.02. The summed E-state index contributed by atoms with van der Waals surface area (Å²) in [4.78, 5) is 0. The molecule has 0 bridgehead atoms. The van der Waals surface area contributed by atoms with Gasteiger partial charge in [0.2, 0.25) is 0 Å². The molecule has 0 radical (unpaired) electrons. The van der Waals surface area contributed by atoms with Crippen LogP contribution in [-0.2, 0) is 6.54 Å². The average molecular weight is 285 g/mol. The summed E-state index contributed by atoms with van der Waals surface area (Å²) in [6.07, 6.45) is -0.534. The SMILES string of the molecule is NCCCn1cc(-c2cccc(OC(F)(F)F)c2)cn1. The van der Waals surface area contributed by atoms with Crippen LogP contribution in [0.1, 0.15) is 6.42 Å². The number of benzene rings is 1. The lowest BCUT2D eigenvalue weighted by atomic mass is 10.1. The molecular weight excluding hydrogens is 271 g/mol. The monoisotopic (exact) mass is 285 g/mol. The number of hydrogen-bond acceptors (Lipinski definition) is 3. The quantitative estimate of drug-likeness (QED) is 0.919. The Morgan fingerprint density at radius 3 is 2.75 bits per heavy atom. The van der Waals surface area contributed by atoms with Crippen LogP contribution < -0.4 is 10.5 Å². The molecule has 0 aliphatic rings. The Balaban J connectivity index is 2.16. The highest BCUT2D eigenvalue weighted by Gasteiger charge is 2.31. The zero-order chi connectivity index (χ0) is 14.6. The van der Waals surface area contributed by atoms with Gasteiger partial charge in [-0.05, 0) is 30.7 Å². The summed E-state index contributed by atoms with van der Waals surface area (Å²) in [6.45, 7) is 1.24. The van der Waals surface area contributed by atoms with Crippen molar-refractivity contribution in [3.05, 3.63) is 36.7 Å². The first-order valence-electron chi connectivity index (χ1n) is 6.06. The fourth-order valence-electron chi connectivity index (χ4n) is 1.76. The predicted octanol–water partition coefficient (Wildman–Crippen LogP) is 2.80. The summed E-state index contributed by atoms with van der Waals surface area (Å²) in [5.74, 6) is -0.246. The van der Waals surface area contributed by atoms with E-state index < -0.39 is 6.36 Å². The van der Waals surface area contributed by atoms with Crippen molar-refractivity contribution in [3.8, 4) is 16.9 Å². The van der Waals surface area contributed by atoms with Gasteiger partial charge in [-0.25, -0.2) is 0 Å². The summed E-state index contributed by atoms with van der Waals surface area (Å²) >= 11 is 0. The molecule has 0 aliphatic carbocycles. The van der Waals surface area contributed by atoms with Crippen LogP contribution in [0.25, 0.3) is 11.1 Å². The van der Waals surface area contributed by atoms with Crippen molar-refractivity contribution in [2.75, 3.05) is 6.54 Å². The first-order valence-corrected chi connectivity index (χ1v) is 6.06. The van der Waals surface area contributed by atoms with E-state index in [1.807, 2.05) is 0 Å². The second kappa shape index (κ2) is 5.96. The van der Waals surface area contributed by atoms with E-state index in [1.165, 1.54) is 18.2 Å². The van der Waals surface area contributed by atoms with Crippen LogP contribution >= 0.6 is 0 Å². The van der Waals surface area contributed by atoms with Crippen molar-refractivity contribution in [2.24, 2.45) is 5.73 Å². The molecule has 4 nitrogen and oxygen atoms in total. The number of hydrogen-bond donors (Lipinski definition) is 1. The molecule has 1 aromatic heterocycles. The molecule has 0 saturated carbocycles. The van der Waals surface area contributed by atoms with E-state index in [9.17, 15) is 13.2 Å². The number of nitrogens with two attached hydrogens (primary N) is 1. The van der Waals surface area contributed by atoms with Crippen molar-refractivity contribution >= 4 is 0 Å². The number of alkyl halides is 3. The Morgan fingerprint density at radius 2 is 2.05 bits per heavy atom. The van der Waals surface area contributed by atoms with Crippen molar-refractivity contribution in [2.45, 2.75) is 19.3 Å². The van der Waals surface area contributed by atoms with E-state index in [-0.39, 0.29) is 5.75 Å². The van der Waals surface area contributed by atoms with Crippen molar-refractivity contribution in [3.63, 3.8) is 0 Å². The highest BCUT2D eigenvalue weighted by Crippen LogP contribution is 2.27. The van der Waals surface area contributed by atoms with Gasteiger partial charge < -0.3 is 10.5 Å². The van der Waals surface area contributed by atoms with Crippen LogP contribution in [0.5, 0.6) is 5.75 Å². The highest BCUT2D eigenvalue weighted by atomic mass is 19.4. The molecule has 0 spiro atoms. The van der Waals surface area contributed by atoms with Crippen LogP contribution in [-0.4, -0.2) is 22.7 Å². The zero-order valence-corrected chi connectivity index (χ0v) is 10.6. The third-order valence-corrected chi connectivity index (χ3v) is 2.63. The standard InChI is InChI=1S/C13H14F3N3O/c14-13(15,16)20-12-4-1-3-10(7-12)11-8-18-19(9-11)6-2-5-17/h1,3-4,7-9H,2,5-6,17H2. The summed E-state index contributed by atoms with van der Waals surface area (Å²) in [6, 6.07) is 5.80. The van der Waals surface area contributed by atoms with Crippen LogP contribution in [0, 0.1) is 0 Å². The number of aryl methyl sites for hydroxylation is 1. The molecule has 1 heterocycles. The minimum atomic E-state index is -4.69. The topological polar surface area (TPSA) is 53.1 Å². The number of halogens is 3. The van der Waals surface area contributed by atoms with Gasteiger partial charge in [-0.15, -0.1) is 13.2 Å². The summed E-state index contributed by atoms with van der Waals surface area (Å²) < 4.78 is 42.1. The first-order chi connectivity index (χ1) is 9.48. The minimum Gasteiger partial charge on any atom is -0.406 e. The molecule has 0 unspecified atom stereocenters. The Bertz CT molecular complexity index is 566. The van der Waals surface area contributed by atoms with E-state index in [0.29, 0.717) is 18.7 Å². The Kier molecular flexibility index (Phi) is 4.29. The molecule has 0 saturated heterocycles. The molecule has 108 valence electrons. The molecule has 20 heavy (non-hydrogen) atoms. The number of rotatable bonds is 5. The third kappa shape index (κ3) is 3.99. The molecular formula is C13H14F3N3O. The zero-order valence-electron chi connectivity index (χ0n) is 10.6. The molecule has 0 aliphatic heterocycles. The van der Waals surface area contributed by atoms with Gasteiger partial charge in [-0.2, -0.15) is 5.10 Å². The molecule has 1 aromatic carbocycles. The van der Waals surface area contributed by atoms with Crippen LogP contribution in [0.4, 0.5) is 13.2 Å². The molecule has 2 rings (SSSR count). The Labute approximate surface area is 114 Å². The summed E-state index contributed by atoms with van der Waals surface area (Å²) in [7, 11) is 0. The van der Waals surface area contributed by atoms with E-state index in [4.69, 9.17) is 5.73 Å². The van der Waals surface area contributed by atoms with E-state index in [1.54, 1.807) is 23.1 Å². The maximum Gasteiger partial charge on any atom is 0.573 e. The molecule has 0 amide bonds. The van der Waals surface area contributed by atoms with Gasteiger partial charge in [0, 0.05) is 18.3 Å². The fourth-order valence-corrected chi connectivity index (χ4v) is 1.76. The van der Waals surface area contributed by atoms with E-state index in [2.05, 4.69) is 9.84 Å². The lowest BCUT2D eigenvalue weighted by Crippen LogP contribution is -2.17. The smallest absolute Gasteiger partial charge is 0.406 e. The first kappa shape index (κ1) is 14.4. The van der Waals surface area contributed by atoms with Crippen LogP contribution in [0.15, 0.2) is 36.7 Å². The van der Waals surface area contributed by atoms with E-state index in [0.717, 1.165) is 12.0 Å². The maximum absolute atomic E-state index is 12.2. The number of ether oxygens (including phenoxy) is 1. The van der Waals surface area contributed by atoms with Crippen molar-refractivity contribution < 1.29 is 17.9 Å². The van der Waals surface area contributed by atoms with Gasteiger partial charge in [-0.1, -0.05) is 12.1 Å². The lowest BCUT2D eigenvalue weighted by Gasteiger charge is -2.09. The molecule has 7 heteroatoms. The molecule has 2 N–H and O–H groups in total. The third-order valence-electron chi connectivity index (χ3n) is 2.63. The Morgan fingerprint density at radius 1 is 1.25 bits per heavy atom. The normalized spacial score (nSPS) is 11.6. The largest absolute Gasteiger partial charge is 0.573 e. The van der Waals surface area contributed by atoms with Gasteiger partial charge in [0.15, 0.2) is 0 Å². The van der Waals surface area contributed by atoms with Gasteiger partial charge >= 0.3 is 6.36 Å². The molecule has 2 aromatic rings. The van der Waals surface area contributed by atoms with Gasteiger partial charge in [0.1, 0.15) is 5.75 Å². The summed E-state index contributed by atoms with van der Waals surface area (Å²) in [5, 5.41) is 4.13. The highest BCUT2D eigenvalue weighted by molar-refractivity contribution is 5.63.